The predicted octanol–water partition coefficient (Wildman–Crippen LogP) is 4.03. The van der Waals surface area contributed by atoms with E-state index in [0.717, 1.165) is 49.9 Å². The zero-order valence-electron chi connectivity index (χ0n) is 14.5. The number of ether oxygens (including phenoxy) is 1. The van der Waals surface area contributed by atoms with Crippen LogP contribution in [-0.2, 0) is 11.3 Å². The summed E-state index contributed by atoms with van der Waals surface area (Å²) >= 11 is 1.67. The van der Waals surface area contributed by atoms with E-state index in [1.165, 1.54) is 0 Å². The molecule has 0 aliphatic heterocycles. The fourth-order valence-corrected chi connectivity index (χ4v) is 3.65. The van der Waals surface area contributed by atoms with Crippen LogP contribution in [0, 0.1) is 0 Å². The standard InChI is InChI=1S/C20H24NO2S/c1-4-21(2,3)11-12-23-14-15-9-10-19-17(13-15)20(22)16-7-5-6-8-18(16)24-19/h5-10,13H,4,11-12,14H2,1-3H3/q+1. The summed E-state index contributed by atoms with van der Waals surface area (Å²) in [4.78, 5) is 12.7. The van der Waals surface area contributed by atoms with Gasteiger partial charge in [0.2, 0.25) is 0 Å². The SMILES string of the molecule is CC[N+](C)(C)CCOCc1ccc2sc3ccccc3c(=O)c2c1. The molecule has 0 amide bonds. The highest BCUT2D eigenvalue weighted by molar-refractivity contribution is 7.24. The topological polar surface area (TPSA) is 26.3 Å². The van der Waals surface area contributed by atoms with E-state index in [4.69, 9.17) is 4.74 Å². The Morgan fingerprint density at radius 3 is 2.58 bits per heavy atom. The lowest BCUT2D eigenvalue weighted by Crippen LogP contribution is -2.41. The number of quaternary nitrogens is 1. The molecule has 0 spiro atoms. The average molecular weight is 342 g/mol. The van der Waals surface area contributed by atoms with Crippen molar-refractivity contribution in [3.63, 3.8) is 0 Å². The van der Waals surface area contributed by atoms with Gasteiger partial charge in [0.1, 0.15) is 6.54 Å². The normalized spacial score (nSPS) is 12.1. The summed E-state index contributed by atoms with van der Waals surface area (Å²) in [6.07, 6.45) is 0. The summed E-state index contributed by atoms with van der Waals surface area (Å²) in [5, 5.41) is 1.60. The number of hydrogen-bond donors (Lipinski definition) is 0. The van der Waals surface area contributed by atoms with Crippen molar-refractivity contribution in [1.29, 1.82) is 0 Å². The van der Waals surface area contributed by atoms with Crippen molar-refractivity contribution in [2.24, 2.45) is 0 Å². The Bertz CT molecular complexity index is 914. The van der Waals surface area contributed by atoms with E-state index in [1.54, 1.807) is 11.3 Å². The number of benzene rings is 2. The van der Waals surface area contributed by atoms with Gasteiger partial charge in [-0.1, -0.05) is 18.2 Å². The molecular weight excluding hydrogens is 318 g/mol. The van der Waals surface area contributed by atoms with Crippen LogP contribution in [0.15, 0.2) is 47.3 Å². The van der Waals surface area contributed by atoms with Gasteiger partial charge in [0, 0.05) is 20.2 Å². The summed E-state index contributed by atoms with van der Waals surface area (Å²) in [7, 11) is 4.41. The number of fused-ring (bicyclic) bond motifs is 2. The molecule has 0 radical (unpaired) electrons. The van der Waals surface area contributed by atoms with Crippen LogP contribution in [0.25, 0.3) is 20.2 Å². The molecule has 3 nitrogen and oxygen atoms in total. The van der Waals surface area contributed by atoms with Gasteiger partial charge in [-0.15, -0.1) is 11.3 Å². The molecule has 126 valence electrons. The van der Waals surface area contributed by atoms with Gasteiger partial charge < -0.3 is 9.22 Å². The summed E-state index contributed by atoms with van der Waals surface area (Å²) < 4.78 is 8.85. The van der Waals surface area contributed by atoms with Gasteiger partial charge in [0.05, 0.1) is 33.9 Å². The molecule has 1 aromatic heterocycles. The van der Waals surface area contributed by atoms with Crippen LogP contribution in [0.4, 0.5) is 0 Å². The highest BCUT2D eigenvalue weighted by Gasteiger charge is 2.11. The lowest BCUT2D eigenvalue weighted by molar-refractivity contribution is -0.888. The van der Waals surface area contributed by atoms with Crippen molar-refractivity contribution in [2.45, 2.75) is 13.5 Å². The van der Waals surface area contributed by atoms with E-state index < -0.39 is 0 Å². The minimum atomic E-state index is 0.116. The van der Waals surface area contributed by atoms with Crippen molar-refractivity contribution in [3.8, 4) is 0 Å². The van der Waals surface area contributed by atoms with E-state index >= 15 is 0 Å². The fourth-order valence-electron chi connectivity index (χ4n) is 2.60. The lowest BCUT2D eigenvalue weighted by atomic mass is 10.1. The fraction of sp³-hybridized carbons (Fsp3) is 0.350. The minimum absolute atomic E-state index is 0.116. The van der Waals surface area contributed by atoms with Gasteiger partial charge >= 0.3 is 0 Å². The Labute approximate surface area is 146 Å². The Kier molecular flexibility index (Phi) is 4.99. The van der Waals surface area contributed by atoms with E-state index in [1.807, 2.05) is 36.4 Å². The first-order valence-electron chi connectivity index (χ1n) is 8.34. The smallest absolute Gasteiger partial charge is 0.195 e. The van der Waals surface area contributed by atoms with Crippen molar-refractivity contribution >= 4 is 31.5 Å². The molecule has 0 saturated heterocycles. The third-order valence-electron chi connectivity index (χ3n) is 4.61. The van der Waals surface area contributed by atoms with E-state index in [9.17, 15) is 4.79 Å². The molecule has 1 heterocycles. The molecule has 0 aliphatic rings. The van der Waals surface area contributed by atoms with Gasteiger partial charge in [0.15, 0.2) is 5.43 Å². The third-order valence-corrected chi connectivity index (χ3v) is 5.76. The second-order valence-corrected chi connectivity index (χ2v) is 7.87. The highest BCUT2D eigenvalue weighted by atomic mass is 32.1. The quantitative estimate of drug-likeness (QED) is 0.384. The van der Waals surface area contributed by atoms with Crippen LogP contribution in [0.1, 0.15) is 12.5 Å². The highest BCUT2D eigenvalue weighted by Crippen LogP contribution is 2.25. The second-order valence-electron chi connectivity index (χ2n) is 6.79. The average Bonchev–Trinajstić information content (AvgIpc) is 2.59. The number of nitrogens with zero attached hydrogens (tertiary/aromatic N) is 1. The van der Waals surface area contributed by atoms with Gasteiger partial charge in [-0.2, -0.15) is 0 Å². The van der Waals surface area contributed by atoms with Crippen LogP contribution < -0.4 is 5.43 Å². The lowest BCUT2D eigenvalue weighted by Gasteiger charge is -2.27. The maximum Gasteiger partial charge on any atom is 0.195 e. The number of hydrogen-bond acceptors (Lipinski definition) is 3. The largest absolute Gasteiger partial charge is 0.371 e. The monoisotopic (exact) mass is 342 g/mol. The van der Waals surface area contributed by atoms with Crippen LogP contribution >= 0.6 is 11.3 Å². The Morgan fingerprint density at radius 1 is 1.04 bits per heavy atom. The third kappa shape index (κ3) is 3.66. The molecular formula is C20H24NO2S+. The van der Waals surface area contributed by atoms with Crippen molar-refractivity contribution < 1.29 is 9.22 Å². The van der Waals surface area contributed by atoms with E-state index in [0.29, 0.717) is 6.61 Å². The van der Waals surface area contributed by atoms with Gasteiger partial charge in [-0.25, -0.2) is 0 Å². The molecule has 0 aliphatic carbocycles. The molecule has 3 rings (SSSR count). The molecule has 4 heteroatoms. The second kappa shape index (κ2) is 7.01. The molecule has 3 aromatic rings. The first-order valence-corrected chi connectivity index (χ1v) is 9.16. The zero-order valence-corrected chi connectivity index (χ0v) is 15.4. The predicted molar refractivity (Wildman–Crippen MR) is 103 cm³/mol. The molecule has 0 fully saturated rings. The zero-order chi connectivity index (χ0) is 17.2. The molecule has 24 heavy (non-hydrogen) atoms. The summed E-state index contributed by atoms with van der Waals surface area (Å²) in [6.45, 7) is 5.54. The van der Waals surface area contributed by atoms with Crippen molar-refractivity contribution in [2.75, 3.05) is 33.8 Å². The molecule has 0 bridgehead atoms. The summed E-state index contributed by atoms with van der Waals surface area (Å²) in [5.74, 6) is 0. The molecule has 0 atom stereocenters. The van der Waals surface area contributed by atoms with Gasteiger partial charge in [-0.05, 0) is 36.8 Å². The minimum Gasteiger partial charge on any atom is -0.371 e. The van der Waals surface area contributed by atoms with E-state index in [-0.39, 0.29) is 5.43 Å². The van der Waals surface area contributed by atoms with Crippen LogP contribution in [0.3, 0.4) is 0 Å². The molecule has 0 N–H and O–H groups in total. The van der Waals surface area contributed by atoms with E-state index in [2.05, 4.69) is 27.1 Å². The van der Waals surface area contributed by atoms with Crippen LogP contribution in [-0.4, -0.2) is 38.3 Å². The van der Waals surface area contributed by atoms with Crippen molar-refractivity contribution in [3.05, 3.63) is 58.3 Å². The first kappa shape index (κ1) is 17.1. The van der Waals surface area contributed by atoms with Gasteiger partial charge in [0.25, 0.3) is 0 Å². The number of rotatable bonds is 6. The molecule has 0 unspecified atom stereocenters. The Balaban J connectivity index is 1.80. The maximum atomic E-state index is 12.7. The molecule has 0 saturated carbocycles. The Hall–Kier alpha value is -1.75. The molecule has 2 aromatic carbocycles. The number of likely N-dealkylation sites (N-methyl/N-ethyl adjacent to an activating group) is 1. The van der Waals surface area contributed by atoms with Crippen LogP contribution in [0.5, 0.6) is 0 Å². The first-order chi connectivity index (χ1) is 11.5. The van der Waals surface area contributed by atoms with Crippen LogP contribution in [0.2, 0.25) is 0 Å². The van der Waals surface area contributed by atoms with Crippen molar-refractivity contribution in [1.82, 2.24) is 0 Å². The Morgan fingerprint density at radius 2 is 1.79 bits per heavy atom. The van der Waals surface area contributed by atoms with Gasteiger partial charge in [-0.3, -0.25) is 4.79 Å². The maximum absolute atomic E-state index is 12.7. The summed E-state index contributed by atoms with van der Waals surface area (Å²) in [6, 6.07) is 13.9. The summed E-state index contributed by atoms with van der Waals surface area (Å²) in [5.41, 5.74) is 1.17.